The Morgan fingerprint density at radius 1 is 1.33 bits per heavy atom. The van der Waals surface area contributed by atoms with Gasteiger partial charge in [-0.15, -0.1) is 0 Å². The first-order valence-electron chi connectivity index (χ1n) is 6.28. The van der Waals surface area contributed by atoms with Gasteiger partial charge in [-0.25, -0.2) is 9.61 Å². The summed E-state index contributed by atoms with van der Waals surface area (Å²) in [7, 11) is 1.71. The van der Waals surface area contributed by atoms with Crippen LogP contribution in [0.2, 0.25) is 0 Å². The lowest BCUT2D eigenvalue weighted by Gasteiger charge is -1.97. The van der Waals surface area contributed by atoms with Gasteiger partial charge in [0.25, 0.3) is 5.69 Å². The van der Waals surface area contributed by atoms with E-state index in [1.807, 2.05) is 13.8 Å². The Labute approximate surface area is 119 Å². The van der Waals surface area contributed by atoms with Crippen molar-refractivity contribution < 1.29 is 9.55 Å². The molecular weight excluding hydrogens is 276 g/mol. The number of nitrogens with two attached hydrogens (primary N) is 1. The van der Waals surface area contributed by atoms with E-state index in [0.29, 0.717) is 11.3 Å². The minimum atomic E-state index is -0.483. The lowest BCUT2D eigenvalue weighted by molar-refractivity contribution is -0.383. The molecule has 0 radical (unpaired) electrons. The van der Waals surface area contributed by atoms with Gasteiger partial charge in [-0.05, 0) is 16.4 Å². The largest absolute Gasteiger partial charge is 0.379 e. The van der Waals surface area contributed by atoms with Crippen LogP contribution in [0.3, 0.4) is 0 Å². The molecule has 3 aromatic rings. The van der Waals surface area contributed by atoms with Gasteiger partial charge in [-0.2, -0.15) is 0 Å². The molecule has 0 aliphatic heterocycles. The number of aromatic nitrogens is 4. The minimum absolute atomic E-state index is 0.0747. The molecule has 9 heteroatoms. The Morgan fingerprint density at radius 2 is 2.05 bits per heavy atom. The number of benzene rings is 1. The molecular formula is C12H14N6O3. The summed E-state index contributed by atoms with van der Waals surface area (Å²) in [5, 5.41) is 18.1. The maximum absolute atomic E-state index is 11.0. The Hall–Kier alpha value is -2.97. The Bertz CT molecular complexity index is 791. The normalized spacial score (nSPS) is 10.2. The van der Waals surface area contributed by atoms with E-state index in [-0.39, 0.29) is 22.7 Å². The third kappa shape index (κ3) is 2.29. The molecule has 0 aliphatic carbocycles. The maximum atomic E-state index is 11.0. The summed E-state index contributed by atoms with van der Waals surface area (Å²) in [6.45, 7) is 4.00. The number of nitro groups is 1. The highest BCUT2D eigenvalue weighted by Crippen LogP contribution is 2.30. The summed E-state index contributed by atoms with van der Waals surface area (Å²) >= 11 is 0. The number of non-ortho nitro benzene ring substituents is 1. The molecule has 0 unspecified atom stereocenters. The highest BCUT2D eigenvalue weighted by molar-refractivity contribution is 5.88. The van der Waals surface area contributed by atoms with Crippen molar-refractivity contribution >= 4 is 22.5 Å². The molecule has 1 aromatic carbocycles. The molecule has 0 amide bonds. The van der Waals surface area contributed by atoms with Crippen LogP contribution in [0.1, 0.15) is 13.8 Å². The quantitative estimate of drug-likeness (QED) is 0.565. The van der Waals surface area contributed by atoms with Gasteiger partial charge in [0.05, 0.1) is 10.4 Å². The highest BCUT2D eigenvalue weighted by atomic mass is 16.6. The first-order chi connectivity index (χ1) is 10.1. The smallest absolute Gasteiger partial charge is 0.297 e. The molecule has 21 heavy (non-hydrogen) atoms. The van der Waals surface area contributed by atoms with Crippen LogP contribution in [0.15, 0.2) is 22.8 Å². The molecule has 2 N–H and O–H groups in total. The molecule has 0 bridgehead atoms. The lowest BCUT2D eigenvalue weighted by atomic mass is 10.3. The SMILES string of the molecule is CC.Cn1c(-c2nonc2N)nc2c([N+](=O)[O-])cccc21. The molecule has 0 atom stereocenters. The van der Waals surface area contributed by atoms with E-state index in [1.54, 1.807) is 23.7 Å². The van der Waals surface area contributed by atoms with Gasteiger partial charge in [0.2, 0.25) is 0 Å². The van der Waals surface area contributed by atoms with Gasteiger partial charge in [0.15, 0.2) is 22.9 Å². The number of hydrogen-bond acceptors (Lipinski definition) is 7. The number of hydrogen-bond donors (Lipinski definition) is 1. The number of nitrogen functional groups attached to an aromatic ring is 1. The summed E-state index contributed by atoms with van der Waals surface area (Å²) in [5.74, 6) is 0.448. The number of imidazole rings is 1. The highest BCUT2D eigenvalue weighted by Gasteiger charge is 2.22. The molecule has 0 spiro atoms. The predicted molar refractivity (Wildman–Crippen MR) is 76.4 cm³/mol. The van der Waals surface area contributed by atoms with E-state index in [4.69, 9.17) is 5.73 Å². The van der Waals surface area contributed by atoms with Gasteiger partial charge in [-0.1, -0.05) is 19.9 Å². The maximum Gasteiger partial charge on any atom is 0.297 e. The van der Waals surface area contributed by atoms with Gasteiger partial charge < -0.3 is 10.3 Å². The summed E-state index contributed by atoms with van der Waals surface area (Å²) in [6, 6.07) is 4.71. The van der Waals surface area contributed by atoms with Crippen molar-refractivity contribution in [2.24, 2.45) is 7.05 Å². The van der Waals surface area contributed by atoms with Crippen molar-refractivity contribution in [3.63, 3.8) is 0 Å². The van der Waals surface area contributed by atoms with Crippen molar-refractivity contribution in [1.29, 1.82) is 0 Å². The number of aryl methyl sites for hydroxylation is 1. The first-order valence-corrected chi connectivity index (χ1v) is 6.28. The second kappa shape index (κ2) is 5.57. The predicted octanol–water partition coefficient (Wildman–Crippen LogP) is 2.14. The van der Waals surface area contributed by atoms with E-state index in [9.17, 15) is 10.1 Å². The van der Waals surface area contributed by atoms with Crippen molar-refractivity contribution in [1.82, 2.24) is 19.9 Å². The van der Waals surface area contributed by atoms with Gasteiger partial charge in [0.1, 0.15) is 0 Å². The van der Waals surface area contributed by atoms with Crippen LogP contribution >= 0.6 is 0 Å². The fraction of sp³-hybridized carbons (Fsp3) is 0.250. The topological polar surface area (TPSA) is 126 Å². The molecule has 0 saturated carbocycles. The number of rotatable bonds is 2. The summed E-state index contributed by atoms with van der Waals surface area (Å²) in [6.07, 6.45) is 0. The van der Waals surface area contributed by atoms with Crippen molar-refractivity contribution in [3.05, 3.63) is 28.3 Å². The van der Waals surface area contributed by atoms with Crippen molar-refractivity contribution in [2.45, 2.75) is 13.8 Å². The summed E-state index contributed by atoms with van der Waals surface area (Å²) in [5.41, 5.74) is 6.66. The van der Waals surface area contributed by atoms with Crippen LogP contribution in [-0.2, 0) is 7.05 Å². The minimum Gasteiger partial charge on any atom is -0.379 e. The Morgan fingerprint density at radius 3 is 2.62 bits per heavy atom. The molecule has 0 fully saturated rings. The molecule has 110 valence electrons. The van der Waals surface area contributed by atoms with E-state index >= 15 is 0 Å². The molecule has 2 heterocycles. The molecule has 0 aliphatic rings. The van der Waals surface area contributed by atoms with Crippen LogP contribution < -0.4 is 5.73 Å². The zero-order valence-corrected chi connectivity index (χ0v) is 11.8. The number of para-hydroxylation sites is 1. The number of fused-ring (bicyclic) bond motifs is 1. The Kier molecular flexibility index (Phi) is 3.83. The van der Waals surface area contributed by atoms with Crippen LogP contribution in [0.25, 0.3) is 22.6 Å². The van der Waals surface area contributed by atoms with E-state index < -0.39 is 4.92 Å². The Balaban J connectivity index is 0.000000774. The molecule has 9 nitrogen and oxygen atoms in total. The second-order valence-corrected chi connectivity index (χ2v) is 3.89. The van der Waals surface area contributed by atoms with Crippen LogP contribution in [0.5, 0.6) is 0 Å². The van der Waals surface area contributed by atoms with Crippen molar-refractivity contribution in [3.8, 4) is 11.5 Å². The summed E-state index contributed by atoms with van der Waals surface area (Å²) < 4.78 is 6.17. The van der Waals surface area contributed by atoms with E-state index in [1.165, 1.54) is 6.07 Å². The molecule has 2 aromatic heterocycles. The zero-order valence-electron chi connectivity index (χ0n) is 11.8. The van der Waals surface area contributed by atoms with Crippen LogP contribution in [-0.4, -0.2) is 24.8 Å². The fourth-order valence-electron chi connectivity index (χ4n) is 1.91. The lowest BCUT2D eigenvalue weighted by Crippen LogP contribution is -1.96. The molecule has 3 rings (SSSR count). The average molecular weight is 290 g/mol. The van der Waals surface area contributed by atoms with Crippen LogP contribution in [0, 0.1) is 10.1 Å². The van der Waals surface area contributed by atoms with Gasteiger partial charge in [0, 0.05) is 13.1 Å². The monoisotopic (exact) mass is 290 g/mol. The molecule has 0 saturated heterocycles. The first kappa shape index (κ1) is 14.4. The van der Waals surface area contributed by atoms with Crippen LogP contribution in [0.4, 0.5) is 11.5 Å². The fourth-order valence-corrected chi connectivity index (χ4v) is 1.91. The third-order valence-electron chi connectivity index (χ3n) is 2.81. The number of nitrogens with zero attached hydrogens (tertiary/aromatic N) is 5. The number of nitro benzene ring substituents is 1. The van der Waals surface area contributed by atoms with Gasteiger partial charge >= 0.3 is 0 Å². The third-order valence-corrected chi connectivity index (χ3v) is 2.81. The summed E-state index contributed by atoms with van der Waals surface area (Å²) in [4.78, 5) is 14.7. The number of anilines is 1. The van der Waals surface area contributed by atoms with E-state index in [2.05, 4.69) is 19.9 Å². The van der Waals surface area contributed by atoms with Crippen molar-refractivity contribution in [2.75, 3.05) is 5.73 Å². The second-order valence-electron chi connectivity index (χ2n) is 3.89. The zero-order chi connectivity index (χ0) is 15.6. The average Bonchev–Trinajstić information content (AvgIpc) is 3.05. The van der Waals surface area contributed by atoms with Gasteiger partial charge in [-0.3, -0.25) is 10.1 Å². The standard InChI is InChI=1S/C10H8N6O3.C2H6/c1-15-5-3-2-4-6(16(17)18)7(5)12-10(15)8-9(11)14-19-13-8;1-2/h2-4H,1H3,(H2,11,14);1-2H3. The van der Waals surface area contributed by atoms with E-state index in [0.717, 1.165) is 0 Å².